The Balaban J connectivity index is 1.53. The van der Waals surface area contributed by atoms with Gasteiger partial charge in [0, 0.05) is 22.8 Å². The van der Waals surface area contributed by atoms with Crippen LogP contribution < -0.4 is 16.0 Å². The number of hydrogen-bond acceptors (Lipinski definition) is 7. The van der Waals surface area contributed by atoms with Gasteiger partial charge in [-0.25, -0.2) is 0 Å². The smallest absolute Gasteiger partial charge is 0.259 e. The number of aromatic nitrogens is 2. The second kappa shape index (κ2) is 10.7. The molecule has 12 heteroatoms. The van der Waals surface area contributed by atoms with Gasteiger partial charge < -0.3 is 10.6 Å². The first-order valence-corrected chi connectivity index (χ1v) is 11.7. The Morgan fingerprint density at radius 1 is 1.06 bits per heavy atom. The van der Waals surface area contributed by atoms with Crippen molar-refractivity contribution in [3.8, 4) is 0 Å². The second-order valence-corrected chi connectivity index (χ2v) is 9.57. The number of anilines is 3. The summed E-state index contributed by atoms with van der Waals surface area (Å²) in [4.78, 5) is 35.7. The molecule has 3 amide bonds. The van der Waals surface area contributed by atoms with Gasteiger partial charge in [0.1, 0.15) is 0 Å². The summed E-state index contributed by atoms with van der Waals surface area (Å²) in [6, 6.07) is 11.8. The fourth-order valence-electron chi connectivity index (χ4n) is 2.36. The van der Waals surface area contributed by atoms with Crippen molar-refractivity contribution < 1.29 is 14.4 Å². The molecule has 0 aliphatic carbocycles. The van der Waals surface area contributed by atoms with Crippen LogP contribution in [0.2, 0.25) is 5.02 Å². The number of thioether (sulfide) groups is 1. The Hall–Kier alpha value is -2.47. The molecule has 0 atom stereocenters. The largest absolute Gasteiger partial charge is 0.326 e. The number of carbonyl (C=O) groups is 3. The molecule has 3 aromatic rings. The molecule has 160 valence electrons. The number of nitrogens with zero attached hydrogens (tertiary/aromatic N) is 2. The minimum absolute atomic E-state index is 0.102. The Morgan fingerprint density at radius 3 is 2.55 bits per heavy atom. The number of amides is 3. The molecular formula is C19H15BrClN5O3S2. The summed E-state index contributed by atoms with van der Waals surface area (Å²) in [6.07, 6.45) is 0. The zero-order valence-electron chi connectivity index (χ0n) is 15.9. The molecule has 0 aliphatic rings. The Kier molecular flexibility index (Phi) is 8.02. The van der Waals surface area contributed by atoms with Crippen LogP contribution in [-0.4, -0.2) is 33.7 Å². The summed E-state index contributed by atoms with van der Waals surface area (Å²) >= 11 is 11.7. The first-order valence-electron chi connectivity index (χ1n) is 8.70. The minimum Gasteiger partial charge on any atom is -0.326 e. The van der Waals surface area contributed by atoms with E-state index in [1.165, 1.54) is 18.7 Å². The van der Waals surface area contributed by atoms with Crippen LogP contribution in [0.15, 0.2) is 51.3 Å². The van der Waals surface area contributed by atoms with E-state index in [-0.39, 0.29) is 17.6 Å². The highest BCUT2D eigenvalue weighted by atomic mass is 79.9. The number of hydrogen-bond donors (Lipinski definition) is 3. The van der Waals surface area contributed by atoms with Crippen LogP contribution in [0, 0.1) is 0 Å². The Morgan fingerprint density at radius 2 is 1.81 bits per heavy atom. The van der Waals surface area contributed by atoms with Gasteiger partial charge in [-0.15, -0.1) is 10.2 Å². The fraction of sp³-hybridized carbons (Fsp3) is 0.105. The first-order chi connectivity index (χ1) is 14.8. The van der Waals surface area contributed by atoms with E-state index >= 15 is 0 Å². The molecule has 0 aliphatic heterocycles. The van der Waals surface area contributed by atoms with Crippen LogP contribution in [0.5, 0.6) is 0 Å². The van der Waals surface area contributed by atoms with Gasteiger partial charge in [0.25, 0.3) is 5.91 Å². The lowest BCUT2D eigenvalue weighted by molar-refractivity contribution is -0.114. The van der Waals surface area contributed by atoms with Gasteiger partial charge in [0.05, 0.1) is 16.3 Å². The predicted molar refractivity (Wildman–Crippen MR) is 127 cm³/mol. The standard InChI is InChI=1S/C19H15BrClN5O3S2/c1-10(27)22-12-3-2-4-13(8-12)23-16(28)9-30-19-26-25-18(31-19)24-17(29)14-7-11(20)5-6-15(14)21/h2-8H,9H2,1H3,(H,22,27)(H,23,28)(H,24,25,29). The third kappa shape index (κ3) is 7.03. The predicted octanol–water partition coefficient (Wildman–Crippen LogP) is 4.90. The van der Waals surface area contributed by atoms with Gasteiger partial charge in [0.15, 0.2) is 4.34 Å². The van der Waals surface area contributed by atoms with E-state index in [0.717, 1.165) is 15.8 Å². The van der Waals surface area contributed by atoms with Crippen LogP contribution >= 0.6 is 50.6 Å². The van der Waals surface area contributed by atoms with Crippen LogP contribution in [-0.2, 0) is 9.59 Å². The van der Waals surface area contributed by atoms with Crippen molar-refractivity contribution >= 4 is 84.9 Å². The molecule has 0 saturated carbocycles. The van der Waals surface area contributed by atoms with E-state index in [9.17, 15) is 14.4 Å². The molecule has 1 heterocycles. The maximum absolute atomic E-state index is 12.4. The molecule has 0 radical (unpaired) electrons. The summed E-state index contributed by atoms with van der Waals surface area (Å²) in [5.74, 6) is -0.743. The van der Waals surface area contributed by atoms with Crippen molar-refractivity contribution in [2.45, 2.75) is 11.3 Å². The van der Waals surface area contributed by atoms with E-state index in [1.807, 2.05) is 0 Å². The summed E-state index contributed by atoms with van der Waals surface area (Å²) in [5, 5.41) is 16.6. The minimum atomic E-state index is -0.407. The third-order valence-corrected chi connectivity index (χ3v) is 6.39. The topological polar surface area (TPSA) is 113 Å². The highest BCUT2D eigenvalue weighted by Crippen LogP contribution is 2.27. The van der Waals surface area contributed by atoms with Crippen molar-refractivity contribution in [2.24, 2.45) is 0 Å². The SMILES string of the molecule is CC(=O)Nc1cccc(NC(=O)CSc2nnc(NC(=O)c3cc(Br)ccc3Cl)s2)c1. The van der Waals surface area contributed by atoms with Crippen LogP contribution in [0.1, 0.15) is 17.3 Å². The van der Waals surface area contributed by atoms with E-state index < -0.39 is 5.91 Å². The van der Waals surface area contributed by atoms with Crippen molar-refractivity contribution in [2.75, 3.05) is 21.7 Å². The van der Waals surface area contributed by atoms with E-state index in [1.54, 1.807) is 42.5 Å². The number of benzene rings is 2. The lowest BCUT2D eigenvalue weighted by Crippen LogP contribution is -2.14. The molecule has 0 spiro atoms. The molecule has 8 nitrogen and oxygen atoms in total. The molecular weight excluding hydrogens is 526 g/mol. The van der Waals surface area contributed by atoms with E-state index in [2.05, 4.69) is 42.1 Å². The van der Waals surface area contributed by atoms with Crippen LogP contribution in [0.4, 0.5) is 16.5 Å². The average molecular weight is 541 g/mol. The van der Waals surface area contributed by atoms with Crippen molar-refractivity contribution in [1.29, 1.82) is 0 Å². The van der Waals surface area contributed by atoms with Gasteiger partial charge in [-0.2, -0.15) is 0 Å². The van der Waals surface area contributed by atoms with Gasteiger partial charge in [0.2, 0.25) is 16.9 Å². The Labute approximate surface area is 199 Å². The number of nitrogens with one attached hydrogen (secondary N) is 3. The molecule has 3 rings (SSSR count). The lowest BCUT2D eigenvalue weighted by atomic mass is 10.2. The number of halogens is 2. The summed E-state index contributed by atoms with van der Waals surface area (Å²) < 4.78 is 1.25. The zero-order valence-corrected chi connectivity index (χ0v) is 19.9. The summed E-state index contributed by atoms with van der Waals surface area (Å²) in [5.41, 5.74) is 1.46. The molecule has 3 N–H and O–H groups in total. The van der Waals surface area contributed by atoms with Crippen molar-refractivity contribution in [3.63, 3.8) is 0 Å². The maximum Gasteiger partial charge on any atom is 0.259 e. The van der Waals surface area contributed by atoms with Gasteiger partial charge >= 0.3 is 0 Å². The maximum atomic E-state index is 12.4. The zero-order chi connectivity index (χ0) is 22.4. The van der Waals surface area contributed by atoms with E-state index in [0.29, 0.717) is 31.4 Å². The lowest BCUT2D eigenvalue weighted by Gasteiger charge is -2.07. The highest BCUT2D eigenvalue weighted by Gasteiger charge is 2.15. The molecule has 31 heavy (non-hydrogen) atoms. The normalized spacial score (nSPS) is 10.4. The fourth-order valence-corrected chi connectivity index (χ4v) is 4.47. The third-order valence-electron chi connectivity index (χ3n) is 3.59. The van der Waals surface area contributed by atoms with E-state index in [4.69, 9.17) is 11.6 Å². The monoisotopic (exact) mass is 539 g/mol. The molecule has 0 saturated heterocycles. The first kappa shape index (κ1) is 23.2. The van der Waals surface area contributed by atoms with Gasteiger partial charge in [-0.1, -0.05) is 56.7 Å². The number of rotatable bonds is 7. The second-order valence-electron chi connectivity index (χ2n) is 6.05. The quantitative estimate of drug-likeness (QED) is 0.290. The molecule has 0 fully saturated rings. The van der Waals surface area contributed by atoms with Gasteiger partial charge in [-0.3, -0.25) is 19.7 Å². The van der Waals surface area contributed by atoms with Gasteiger partial charge in [-0.05, 0) is 36.4 Å². The van der Waals surface area contributed by atoms with Crippen molar-refractivity contribution in [3.05, 3.63) is 57.5 Å². The molecule has 1 aromatic heterocycles. The van der Waals surface area contributed by atoms with Crippen LogP contribution in [0.3, 0.4) is 0 Å². The number of carbonyl (C=O) groups excluding carboxylic acids is 3. The average Bonchev–Trinajstić information content (AvgIpc) is 3.15. The highest BCUT2D eigenvalue weighted by molar-refractivity contribution is 9.10. The molecule has 2 aromatic carbocycles. The Bertz CT molecular complexity index is 1140. The molecule has 0 unspecified atom stereocenters. The molecule has 0 bridgehead atoms. The summed E-state index contributed by atoms with van der Waals surface area (Å²) in [6.45, 7) is 1.41. The van der Waals surface area contributed by atoms with Crippen molar-refractivity contribution in [1.82, 2.24) is 10.2 Å². The van der Waals surface area contributed by atoms with Crippen LogP contribution in [0.25, 0.3) is 0 Å². The summed E-state index contributed by atoms with van der Waals surface area (Å²) in [7, 11) is 0.